The molecule has 1 aromatic carbocycles. The molecular formula is C16H24N2O2. The minimum Gasteiger partial charge on any atom is -0.398 e. The number of hydrogen-bond acceptors (Lipinski definition) is 3. The van der Waals surface area contributed by atoms with Crippen LogP contribution in [0.3, 0.4) is 0 Å². The molecule has 4 heteroatoms. The van der Waals surface area contributed by atoms with E-state index in [1.165, 1.54) is 0 Å². The van der Waals surface area contributed by atoms with Crippen LogP contribution in [0.15, 0.2) is 24.3 Å². The summed E-state index contributed by atoms with van der Waals surface area (Å²) in [6.07, 6.45) is 1.45. The molecule has 1 amide bonds. The summed E-state index contributed by atoms with van der Waals surface area (Å²) in [5.74, 6) is 0.0240. The second-order valence-electron chi connectivity index (χ2n) is 6.00. The molecule has 0 spiro atoms. The number of rotatable bonds is 5. The Balaban J connectivity index is 1.89. The number of ether oxygens (including phenoxy) is 1. The van der Waals surface area contributed by atoms with Crippen LogP contribution < -0.4 is 11.1 Å². The van der Waals surface area contributed by atoms with Crippen molar-refractivity contribution in [2.75, 3.05) is 12.3 Å². The molecule has 0 bridgehead atoms. The van der Waals surface area contributed by atoms with E-state index in [4.69, 9.17) is 10.5 Å². The zero-order valence-electron chi connectivity index (χ0n) is 12.5. The van der Waals surface area contributed by atoms with Gasteiger partial charge in [-0.25, -0.2) is 0 Å². The number of carbonyl (C=O) groups excluding carboxylic acids is 1. The van der Waals surface area contributed by atoms with Crippen LogP contribution in [0.25, 0.3) is 0 Å². The first kappa shape index (κ1) is 14.9. The Morgan fingerprint density at radius 2 is 2.15 bits per heavy atom. The zero-order valence-corrected chi connectivity index (χ0v) is 12.5. The molecule has 0 aliphatic heterocycles. The maximum Gasteiger partial charge on any atom is 0.224 e. The predicted molar refractivity (Wildman–Crippen MR) is 80.3 cm³/mol. The summed E-state index contributed by atoms with van der Waals surface area (Å²) in [4.78, 5) is 12.1. The molecule has 0 heterocycles. The van der Waals surface area contributed by atoms with Gasteiger partial charge in [-0.3, -0.25) is 4.79 Å². The summed E-state index contributed by atoms with van der Waals surface area (Å²) < 4.78 is 5.67. The highest BCUT2D eigenvalue weighted by atomic mass is 16.5. The first-order chi connectivity index (χ1) is 9.45. The van der Waals surface area contributed by atoms with Gasteiger partial charge >= 0.3 is 0 Å². The largest absolute Gasteiger partial charge is 0.398 e. The standard InChI is InChI=1S/C16H24N2O2/c1-4-20-14-10-13(16(14,2)3)18-15(19)9-11-7-5-6-8-12(11)17/h5-8,13-14H,4,9-10,17H2,1-3H3,(H,18,19). The highest BCUT2D eigenvalue weighted by Gasteiger charge is 2.49. The van der Waals surface area contributed by atoms with Crippen LogP contribution in [0.1, 0.15) is 32.8 Å². The molecule has 2 atom stereocenters. The third kappa shape index (κ3) is 2.96. The summed E-state index contributed by atoms with van der Waals surface area (Å²) in [5, 5.41) is 3.10. The fourth-order valence-electron chi connectivity index (χ4n) is 2.73. The van der Waals surface area contributed by atoms with Crippen LogP contribution in [-0.4, -0.2) is 24.7 Å². The molecule has 110 valence electrons. The molecule has 0 radical (unpaired) electrons. The monoisotopic (exact) mass is 276 g/mol. The quantitative estimate of drug-likeness (QED) is 0.810. The van der Waals surface area contributed by atoms with Crippen LogP contribution in [-0.2, 0) is 16.0 Å². The maximum atomic E-state index is 12.1. The molecular weight excluding hydrogens is 252 g/mol. The summed E-state index contributed by atoms with van der Waals surface area (Å²) in [6.45, 7) is 6.99. The van der Waals surface area contributed by atoms with E-state index in [1.54, 1.807) is 0 Å². The van der Waals surface area contributed by atoms with Crippen molar-refractivity contribution in [3.05, 3.63) is 29.8 Å². The lowest BCUT2D eigenvalue weighted by Crippen LogP contribution is -2.62. The number of para-hydroxylation sites is 1. The summed E-state index contributed by atoms with van der Waals surface area (Å²) >= 11 is 0. The Morgan fingerprint density at radius 1 is 1.45 bits per heavy atom. The molecule has 0 saturated heterocycles. The van der Waals surface area contributed by atoms with E-state index < -0.39 is 0 Å². The molecule has 1 saturated carbocycles. The normalized spacial score (nSPS) is 23.9. The minimum atomic E-state index is -0.00605. The molecule has 1 aliphatic rings. The second-order valence-corrected chi connectivity index (χ2v) is 6.00. The topological polar surface area (TPSA) is 64.3 Å². The lowest BCUT2D eigenvalue weighted by atomic mass is 9.64. The van der Waals surface area contributed by atoms with Gasteiger partial charge in [0.1, 0.15) is 0 Å². The van der Waals surface area contributed by atoms with Gasteiger partial charge in [-0.2, -0.15) is 0 Å². The zero-order chi connectivity index (χ0) is 14.8. The van der Waals surface area contributed by atoms with E-state index in [9.17, 15) is 4.79 Å². The van der Waals surface area contributed by atoms with Gasteiger partial charge in [0, 0.05) is 23.8 Å². The van der Waals surface area contributed by atoms with E-state index in [0.29, 0.717) is 12.1 Å². The van der Waals surface area contributed by atoms with Crippen LogP contribution >= 0.6 is 0 Å². The van der Waals surface area contributed by atoms with Gasteiger partial charge < -0.3 is 15.8 Å². The minimum absolute atomic E-state index is 0.00605. The predicted octanol–water partition coefficient (Wildman–Crippen LogP) is 2.13. The highest BCUT2D eigenvalue weighted by Crippen LogP contribution is 2.42. The Hall–Kier alpha value is -1.55. The van der Waals surface area contributed by atoms with E-state index in [1.807, 2.05) is 31.2 Å². The molecule has 1 aliphatic carbocycles. The Labute approximate surface area is 120 Å². The third-order valence-electron chi connectivity index (χ3n) is 4.29. The lowest BCUT2D eigenvalue weighted by Gasteiger charge is -2.51. The fourth-order valence-corrected chi connectivity index (χ4v) is 2.73. The van der Waals surface area contributed by atoms with Crippen molar-refractivity contribution >= 4 is 11.6 Å². The highest BCUT2D eigenvalue weighted by molar-refractivity contribution is 5.80. The summed E-state index contributed by atoms with van der Waals surface area (Å²) in [5.41, 5.74) is 7.40. The van der Waals surface area contributed by atoms with Crippen LogP contribution in [0.5, 0.6) is 0 Å². The van der Waals surface area contributed by atoms with Crippen molar-refractivity contribution in [1.82, 2.24) is 5.32 Å². The summed E-state index contributed by atoms with van der Waals surface area (Å²) in [7, 11) is 0. The third-order valence-corrected chi connectivity index (χ3v) is 4.29. The number of benzene rings is 1. The van der Waals surface area contributed by atoms with Gasteiger partial charge in [0.15, 0.2) is 0 Å². The van der Waals surface area contributed by atoms with Crippen molar-refractivity contribution in [2.24, 2.45) is 5.41 Å². The molecule has 1 aromatic rings. The molecule has 1 fully saturated rings. The first-order valence-corrected chi connectivity index (χ1v) is 7.19. The summed E-state index contributed by atoms with van der Waals surface area (Å²) in [6, 6.07) is 7.66. The number of nitrogens with one attached hydrogen (secondary N) is 1. The van der Waals surface area contributed by atoms with Crippen molar-refractivity contribution in [2.45, 2.75) is 45.8 Å². The van der Waals surface area contributed by atoms with Gasteiger partial charge in [-0.05, 0) is 25.0 Å². The molecule has 4 nitrogen and oxygen atoms in total. The van der Waals surface area contributed by atoms with Gasteiger partial charge in [-0.1, -0.05) is 32.0 Å². The van der Waals surface area contributed by atoms with Crippen LogP contribution in [0.4, 0.5) is 5.69 Å². The van der Waals surface area contributed by atoms with Crippen molar-refractivity contribution in [3.8, 4) is 0 Å². The van der Waals surface area contributed by atoms with Crippen molar-refractivity contribution in [1.29, 1.82) is 0 Å². The van der Waals surface area contributed by atoms with E-state index in [0.717, 1.165) is 18.6 Å². The van der Waals surface area contributed by atoms with E-state index in [-0.39, 0.29) is 23.5 Å². The number of nitrogen functional groups attached to an aromatic ring is 1. The van der Waals surface area contributed by atoms with Gasteiger partial charge in [0.05, 0.1) is 12.5 Å². The van der Waals surface area contributed by atoms with Crippen LogP contribution in [0, 0.1) is 5.41 Å². The van der Waals surface area contributed by atoms with Gasteiger partial charge in [-0.15, -0.1) is 0 Å². The van der Waals surface area contributed by atoms with Crippen LogP contribution in [0.2, 0.25) is 0 Å². The SMILES string of the molecule is CCOC1CC(NC(=O)Cc2ccccc2N)C1(C)C. The molecule has 0 aromatic heterocycles. The lowest BCUT2D eigenvalue weighted by molar-refractivity contribution is -0.136. The van der Waals surface area contributed by atoms with Crippen molar-refractivity contribution in [3.63, 3.8) is 0 Å². The van der Waals surface area contributed by atoms with E-state index in [2.05, 4.69) is 19.2 Å². The Kier molecular flexibility index (Phi) is 4.33. The number of carbonyl (C=O) groups is 1. The van der Waals surface area contributed by atoms with E-state index >= 15 is 0 Å². The average molecular weight is 276 g/mol. The maximum absolute atomic E-state index is 12.1. The van der Waals surface area contributed by atoms with Gasteiger partial charge in [0.25, 0.3) is 0 Å². The Bertz CT molecular complexity index is 485. The molecule has 3 N–H and O–H groups in total. The fraction of sp³-hybridized carbons (Fsp3) is 0.562. The second kappa shape index (κ2) is 5.83. The molecule has 20 heavy (non-hydrogen) atoms. The number of amides is 1. The Morgan fingerprint density at radius 3 is 2.75 bits per heavy atom. The number of anilines is 1. The smallest absolute Gasteiger partial charge is 0.224 e. The number of nitrogens with two attached hydrogens (primary N) is 1. The molecule has 2 rings (SSSR count). The van der Waals surface area contributed by atoms with Gasteiger partial charge in [0.2, 0.25) is 5.91 Å². The average Bonchev–Trinajstić information content (AvgIpc) is 2.40. The number of hydrogen-bond donors (Lipinski definition) is 2. The van der Waals surface area contributed by atoms with Crippen molar-refractivity contribution < 1.29 is 9.53 Å². The molecule has 2 unspecified atom stereocenters. The first-order valence-electron chi connectivity index (χ1n) is 7.19.